The molecule has 0 bridgehead atoms. The molecule has 4 aliphatic rings. The summed E-state index contributed by atoms with van der Waals surface area (Å²) in [4.78, 5) is 11.9. The monoisotopic (exact) mass is 388 g/mol. The molecule has 0 radical (unpaired) electrons. The molecule has 0 aromatic rings. The third-order valence-electron chi connectivity index (χ3n) is 10.5. The van der Waals surface area contributed by atoms with Crippen LogP contribution < -0.4 is 0 Å². The van der Waals surface area contributed by atoms with Crippen molar-refractivity contribution in [3.8, 4) is 0 Å². The zero-order valence-corrected chi connectivity index (χ0v) is 19.0. The summed E-state index contributed by atoms with van der Waals surface area (Å²) in [5.74, 6) is 5.41. The number of ether oxygens (including phenoxy) is 1. The van der Waals surface area contributed by atoms with Crippen LogP contribution in [0, 0.1) is 46.3 Å². The normalized spacial score (nSPS) is 46.2. The molecule has 2 heteroatoms. The van der Waals surface area contributed by atoms with Crippen LogP contribution in [-0.2, 0) is 9.53 Å². The van der Waals surface area contributed by atoms with Crippen LogP contribution in [0.25, 0.3) is 0 Å². The molecule has 2 nitrogen and oxygen atoms in total. The fourth-order valence-electron chi connectivity index (χ4n) is 9.05. The first-order chi connectivity index (χ1) is 13.4. The SMILES string of the molecule is CCOC(=O)CC[C@H](C)[C@H]1CC[C@H]2[C@@H]3CC[C@H]4CCCC[C@]4(C)[C@H]3CC[C@]12C. The molecule has 8 atom stereocenters. The zero-order chi connectivity index (χ0) is 19.9. The van der Waals surface area contributed by atoms with E-state index in [1.54, 1.807) is 0 Å². The molecule has 160 valence electrons. The number of hydrogen-bond acceptors (Lipinski definition) is 2. The number of carbonyl (C=O) groups is 1. The van der Waals surface area contributed by atoms with Crippen LogP contribution in [0.3, 0.4) is 0 Å². The first-order valence-corrected chi connectivity index (χ1v) is 12.6. The van der Waals surface area contributed by atoms with E-state index >= 15 is 0 Å². The van der Waals surface area contributed by atoms with E-state index in [9.17, 15) is 4.79 Å². The number of hydrogen-bond donors (Lipinski definition) is 0. The van der Waals surface area contributed by atoms with Crippen molar-refractivity contribution >= 4 is 5.97 Å². The lowest BCUT2D eigenvalue weighted by Gasteiger charge is -2.61. The first kappa shape index (κ1) is 20.7. The molecule has 4 saturated carbocycles. The van der Waals surface area contributed by atoms with Crippen molar-refractivity contribution in [3.05, 3.63) is 0 Å². The second-order valence-electron chi connectivity index (χ2n) is 11.5. The van der Waals surface area contributed by atoms with Gasteiger partial charge in [0.25, 0.3) is 0 Å². The molecule has 0 unspecified atom stereocenters. The van der Waals surface area contributed by atoms with Gasteiger partial charge in [-0.05, 0) is 111 Å². The molecule has 0 aliphatic heterocycles. The summed E-state index contributed by atoms with van der Waals surface area (Å²) in [7, 11) is 0. The molecular formula is C26H44O2. The van der Waals surface area contributed by atoms with Gasteiger partial charge in [0.15, 0.2) is 0 Å². The van der Waals surface area contributed by atoms with Gasteiger partial charge in [0.1, 0.15) is 0 Å². The average Bonchev–Trinajstić information content (AvgIpc) is 3.03. The van der Waals surface area contributed by atoms with E-state index in [1.165, 1.54) is 64.2 Å². The Labute approximate surface area is 173 Å². The summed E-state index contributed by atoms with van der Waals surface area (Å²) in [5, 5.41) is 0. The standard InChI is InChI=1S/C26H44O2/c1-5-28-24(27)14-9-18(2)21-12-13-22-20-11-10-19-8-6-7-16-25(19,3)23(20)15-17-26(21,22)4/h18-23H,5-17H2,1-4H3/t18-,19+,20-,21+,22-,23-,25-,26+/m0/s1. The van der Waals surface area contributed by atoms with Gasteiger partial charge >= 0.3 is 5.97 Å². The van der Waals surface area contributed by atoms with E-state index in [-0.39, 0.29) is 5.97 Å². The average molecular weight is 389 g/mol. The van der Waals surface area contributed by atoms with E-state index in [4.69, 9.17) is 4.74 Å². The molecule has 0 amide bonds. The molecular weight excluding hydrogens is 344 g/mol. The highest BCUT2D eigenvalue weighted by Gasteiger charge is 2.60. The van der Waals surface area contributed by atoms with Crippen LogP contribution in [0.15, 0.2) is 0 Å². The Balaban J connectivity index is 1.45. The third-order valence-corrected chi connectivity index (χ3v) is 10.5. The topological polar surface area (TPSA) is 26.3 Å². The molecule has 4 fully saturated rings. The molecule has 0 aromatic heterocycles. The van der Waals surface area contributed by atoms with Crippen LogP contribution in [0.4, 0.5) is 0 Å². The quantitative estimate of drug-likeness (QED) is 0.473. The van der Waals surface area contributed by atoms with Gasteiger partial charge in [0, 0.05) is 6.42 Å². The summed E-state index contributed by atoms with van der Waals surface area (Å²) >= 11 is 0. The van der Waals surface area contributed by atoms with Crippen molar-refractivity contribution in [2.45, 2.75) is 105 Å². The van der Waals surface area contributed by atoms with E-state index in [0.717, 1.165) is 36.0 Å². The second kappa shape index (κ2) is 7.95. The van der Waals surface area contributed by atoms with Gasteiger partial charge in [-0.2, -0.15) is 0 Å². The van der Waals surface area contributed by atoms with Gasteiger partial charge in [-0.3, -0.25) is 4.79 Å². The number of esters is 1. The highest BCUT2D eigenvalue weighted by Crippen LogP contribution is 2.68. The van der Waals surface area contributed by atoms with Gasteiger partial charge < -0.3 is 4.74 Å². The van der Waals surface area contributed by atoms with Gasteiger partial charge in [-0.25, -0.2) is 0 Å². The van der Waals surface area contributed by atoms with E-state index in [1.807, 2.05) is 6.92 Å². The fourth-order valence-corrected chi connectivity index (χ4v) is 9.05. The maximum Gasteiger partial charge on any atom is 0.305 e. The molecule has 0 saturated heterocycles. The van der Waals surface area contributed by atoms with Crippen LogP contribution in [0.5, 0.6) is 0 Å². The lowest BCUT2D eigenvalue weighted by atomic mass is 9.44. The van der Waals surface area contributed by atoms with Gasteiger partial charge in [0.2, 0.25) is 0 Å². The number of rotatable bonds is 5. The lowest BCUT2D eigenvalue weighted by Crippen LogP contribution is -2.53. The van der Waals surface area contributed by atoms with Crippen molar-refractivity contribution < 1.29 is 9.53 Å². The maximum absolute atomic E-state index is 11.9. The third kappa shape index (κ3) is 3.35. The number of fused-ring (bicyclic) bond motifs is 5. The van der Waals surface area contributed by atoms with Crippen LogP contribution in [0.1, 0.15) is 105 Å². The Morgan fingerprint density at radius 3 is 2.54 bits per heavy atom. The minimum atomic E-state index is 0.00121. The van der Waals surface area contributed by atoms with E-state index in [2.05, 4.69) is 20.8 Å². The van der Waals surface area contributed by atoms with Gasteiger partial charge in [-0.1, -0.05) is 33.6 Å². The Morgan fingerprint density at radius 2 is 1.75 bits per heavy atom. The van der Waals surface area contributed by atoms with Crippen molar-refractivity contribution in [1.29, 1.82) is 0 Å². The van der Waals surface area contributed by atoms with E-state index < -0.39 is 0 Å². The maximum atomic E-state index is 11.9. The summed E-state index contributed by atoms with van der Waals surface area (Å²) < 4.78 is 5.18. The predicted octanol–water partition coefficient (Wildman–Crippen LogP) is 7.01. The lowest BCUT2D eigenvalue weighted by molar-refractivity contribution is -0.143. The summed E-state index contributed by atoms with van der Waals surface area (Å²) in [6.45, 7) is 10.2. The fraction of sp³-hybridized carbons (Fsp3) is 0.962. The smallest absolute Gasteiger partial charge is 0.305 e. The van der Waals surface area contributed by atoms with Crippen molar-refractivity contribution in [1.82, 2.24) is 0 Å². The predicted molar refractivity (Wildman–Crippen MR) is 115 cm³/mol. The van der Waals surface area contributed by atoms with Gasteiger partial charge in [-0.15, -0.1) is 0 Å². The van der Waals surface area contributed by atoms with E-state index in [0.29, 0.717) is 29.8 Å². The minimum Gasteiger partial charge on any atom is -0.466 e. The first-order valence-electron chi connectivity index (χ1n) is 12.6. The molecule has 28 heavy (non-hydrogen) atoms. The zero-order valence-electron chi connectivity index (χ0n) is 19.0. The molecule has 0 heterocycles. The summed E-state index contributed by atoms with van der Waals surface area (Å²) in [6, 6.07) is 0. The highest BCUT2D eigenvalue weighted by atomic mass is 16.5. The molecule has 0 spiro atoms. The number of carbonyl (C=O) groups excluding carboxylic acids is 1. The Kier molecular flexibility index (Phi) is 5.89. The van der Waals surface area contributed by atoms with Crippen molar-refractivity contribution in [3.63, 3.8) is 0 Å². The Hall–Kier alpha value is -0.530. The molecule has 0 N–H and O–H groups in total. The summed E-state index contributed by atoms with van der Waals surface area (Å²) in [5.41, 5.74) is 1.17. The molecule has 0 aromatic carbocycles. The minimum absolute atomic E-state index is 0.00121. The van der Waals surface area contributed by atoms with Crippen molar-refractivity contribution in [2.75, 3.05) is 6.61 Å². The molecule has 4 aliphatic carbocycles. The van der Waals surface area contributed by atoms with Crippen LogP contribution in [0.2, 0.25) is 0 Å². The van der Waals surface area contributed by atoms with Gasteiger partial charge in [0.05, 0.1) is 6.61 Å². The molecule has 4 rings (SSSR count). The largest absolute Gasteiger partial charge is 0.466 e. The van der Waals surface area contributed by atoms with Crippen LogP contribution >= 0.6 is 0 Å². The Morgan fingerprint density at radius 1 is 0.964 bits per heavy atom. The summed E-state index contributed by atoms with van der Waals surface area (Å²) in [6.07, 6.45) is 16.4. The Bertz CT molecular complexity index is 571. The second-order valence-corrected chi connectivity index (χ2v) is 11.5. The van der Waals surface area contributed by atoms with Crippen molar-refractivity contribution in [2.24, 2.45) is 46.3 Å². The van der Waals surface area contributed by atoms with Crippen LogP contribution in [-0.4, -0.2) is 12.6 Å². The highest BCUT2D eigenvalue weighted by molar-refractivity contribution is 5.69.